The number of benzene rings is 1. The van der Waals surface area contributed by atoms with Gasteiger partial charge in [0.2, 0.25) is 0 Å². The van der Waals surface area contributed by atoms with Crippen LogP contribution in [0.4, 0.5) is 0 Å². The average molecular weight is 295 g/mol. The lowest BCUT2D eigenvalue weighted by atomic mass is 10.1. The molecule has 20 heavy (non-hydrogen) atoms. The summed E-state index contributed by atoms with van der Waals surface area (Å²) in [7, 11) is 0. The molecule has 0 spiro atoms. The van der Waals surface area contributed by atoms with E-state index < -0.39 is 5.97 Å². The molecular weight excluding hydrogens is 274 g/mol. The minimum atomic E-state index is -0.470. The number of ether oxygens (including phenoxy) is 1. The third kappa shape index (κ3) is 4.89. The van der Waals surface area contributed by atoms with E-state index in [1.165, 1.54) is 11.8 Å². The maximum absolute atomic E-state index is 11.9. The number of nitrogens with one attached hydrogen (secondary N) is 1. The summed E-state index contributed by atoms with van der Waals surface area (Å²) in [5, 5.41) is 2.79. The zero-order chi connectivity index (χ0) is 15.1. The Bertz CT molecular complexity index is 474. The molecule has 0 fully saturated rings. The molecule has 0 saturated heterocycles. The van der Waals surface area contributed by atoms with Crippen molar-refractivity contribution >= 4 is 23.6 Å². The molecule has 0 radical (unpaired) electrons. The molecule has 5 heteroatoms. The van der Waals surface area contributed by atoms with Crippen molar-refractivity contribution in [3.63, 3.8) is 0 Å². The highest BCUT2D eigenvalue weighted by atomic mass is 32.2. The van der Waals surface area contributed by atoms with E-state index in [9.17, 15) is 9.59 Å². The van der Waals surface area contributed by atoms with Crippen LogP contribution in [0.5, 0.6) is 0 Å². The molecule has 1 aromatic rings. The topological polar surface area (TPSA) is 55.4 Å². The van der Waals surface area contributed by atoms with Gasteiger partial charge in [0.25, 0.3) is 5.91 Å². The van der Waals surface area contributed by atoms with Gasteiger partial charge in [-0.2, -0.15) is 0 Å². The highest BCUT2D eigenvalue weighted by Gasteiger charge is 2.15. The van der Waals surface area contributed by atoms with Crippen LogP contribution in [-0.2, 0) is 9.53 Å². The van der Waals surface area contributed by atoms with Crippen molar-refractivity contribution in [2.24, 2.45) is 5.92 Å². The van der Waals surface area contributed by atoms with Gasteiger partial charge in [0.1, 0.15) is 0 Å². The van der Waals surface area contributed by atoms with Gasteiger partial charge in [-0.15, -0.1) is 11.8 Å². The van der Waals surface area contributed by atoms with Crippen LogP contribution < -0.4 is 5.32 Å². The van der Waals surface area contributed by atoms with Crippen molar-refractivity contribution in [1.29, 1.82) is 0 Å². The van der Waals surface area contributed by atoms with E-state index in [1.807, 2.05) is 39.2 Å². The van der Waals surface area contributed by atoms with Gasteiger partial charge in [0.15, 0.2) is 6.61 Å². The Morgan fingerprint density at radius 3 is 2.50 bits per heavy atom. The maximum Gasteiger partial charge on any atom is 0.339 e. The molecule has 0 bridgehead atoms. The summed E-state index contributed by atoms with van der Waals surface area (Å²) in [6.45, 7) is 5.71. The Labute approximate surface area is 124 Å². The number of esters is 1. The van der Waals surface area contributed by atoms with Crippen molar-refractivity contribution in [2.75, 3.05) is 12.9 Å². The van der Waals surface area contributed by atoms with Gasteiger partial charge in [-0.25, -0.2) is 4.79 Å². The highest BCUT2D eigenvalue weighted by molar-refractivity contribution is 7.98. The van der Waals surface area contributed by atoms with Crippen molar-refractivity contribution in [3.8, 4) is 0 Å². The number of carbonyl (C=O) groups excluding carboxylic acids is 2. The number of hydrogen-bond acceptors (Lipinski definition) is 4. The minimum Gasteiger partial charge on any atom is -0.452 e. The summed E-state index contributed by atoms with van der Waals surface area (Å²) in [4.78, 5) is 24.4. The largest absolute Gasteiger partial charge is 0.452 e. The number of carbonyl (C=O) groups is 2. The number of thioether (sulfide) groups is 1. The van der Waals surface area contributed by atoms with Crippen LogP contribution in [0.1, 0.15) is 31.1 Å². The van der Waals surface area contributed by atoms with E-state index >= 15 is 0 Å². The summed E-state index contributed by atoms with van der Waals surface area (Å²) in [6, 6.07) is 7.24. The Morgan fingerprint density at radius 2 is 1.90 bits per heavy atom. The molecule has 1 rings (SSSR count). The molecule has 0 aliphatic carbocycles. The molecule has 0 heterocycles. The fourth-order valence-electron chi connectivity index (χ4n) is 1.48. The molecule has 1 N–H and O–H groups in total. The van der Waals surface area contributed by atoms with Gasteiger partial charge in [-0.3, -0.25) is 4.79 Å². The van der Waals surface area contributed by atoms with E-state index in [4.69, 9.17) is 4.74 Å². The van der Waals surface area contributed by atoms with Gasteiger partial charge in [0, 0.05) is 10.9 Å². The molecule has 0 unspecified atom stereocenters. The van der Waals surface area contributed by atoms with Crippen LogP contribution in [-0.4, -0.2) is 30.8 Å². The average Bonchev–Trinajstić information content (AvgIpc) is 2.44. The van der Waals surface area contributed by atoms with Crippen molar-refractivity contribution in [2.45, 2.75) is 31.7 Å². The van der Waals surface area contributed by atoms with Gasteiger partial charge < -0.3 is 10.1 Å². The van der Waals surface area contributed by atoms with E-state index in [0.717, 1.165) is 4.90 Å². The standard InChI is InChI=1S/C15H21NO3S/c1-10(2)11(3)16-14(17)9-19-15(18)12-7-5-6-8-13(12)20-4/h5-8,10-11H,9H2,1-4H3,(H,16,17)/t11-/m1/s1. The number of hydrogen-bond donors (Lipinski definition) is 1. The van der Waals surface area contributed by atoms with E-state index in [2.05, 4.69) is 5.32 Å². The van der Waals surface area contributed by atoms with Gasteiger partial charge in [-0.1, -0.05) is 26.0 Å². The normalized spacial score (nSPS) is 12.1. The van der Waals surface area contributed by atoms with Crippen molar-refractivity contribution in [3.05, 3.63) is 29.8 Å². The molecule has 110 valence electrons. The van der Waals surface area contributed by atoms with Crippen LogP contribution >= 0.6 is 11.8 Å². The quantitative estimate of drug-likeness (QED) is 0.647. The first-order valence-corrected chi connectivity index (χ1v) is 7.77. The fraction of sp³-hybridized carbons (Fsp3) is 0.467. The van der Waals surface area contributed by atoms with E-state index in [0.29, 0.717) is 11.5 Å². The monoisotopic (exact) mass is 295 g/mol. The number of amides is 1. The second-order valence-electron chi connectivity index (χ2n) is 4.88. The molecule has 0 aromatic heterocycles. The first kappa shape index (κ1) is 16.6. The Hall–Kier alpha value is -1.49. The molecule has 1 aromatic carbocycles. The minimum absolute atomic E-state index is 0.0553. The smallest absolute Gasteiger partial charge is 0.339 e. The fourth-order valence-corrected chi connectivity index (χ4v) is 2.07. The molecule has 0 aliphatic rings. The summed E-state index contributed by atoms with van der Waals surface area (Å²) < 4.78 is 5.05. The molecular formula is C15H21NO3S. The van der Waals surface area contributed by atoms with E-state index in [-0.39, 0.29) is 18.6 Å². The van der Waals surface area contributed by atoms with Crippen LogP contribution in [0, 0.1) is 5.92 Å². The molecule has 4 nitrogen and oxygen atoms in total. The first-order chi connectivity index (χ1) is 9.45. The van der Waals surface area contributed by atoms with Gasteiger partial charge in [0.05, 0.1) is 5.56 Å². The molecule has 0 aliphatic heterocycles. The summed E-state index contributed by atoms with van der Waals surface area (Å²) in [5.74, 6) is -0.407. The lowest BCUT2D eigenvalue weighted by molar-refractivity contribution is -0.125. The van der Waals surface area contributed by atoms with Gasteiger partial charge >= 0.3 is 5.97 Å². The lowest BCUT2D eigenvalue weighted by Crippen LogP contribution is -2.38. The third-order valence-electron chi connectivity index (χ3n) is 3.05. The zero-order valence-corrected chi connectivity index (χ0v) is 13.1. The Kier molecular flexibility index (Phi) is 6.58. The molecule has 1 atom stereocenters. The van der Waals surface area contributed by atoms with E-state index in [1.54, 1.807) is 12.1 Å². The SMILES string of the molecule is CSc1ccccc1C(=O)OCC(=O)N[C@H](C)C(C)C. The first-order valence-electron chi connectivity index (χ1n) is 6.55. The second-order valence-corrected chi connectivity index (χ2v) is 5.72. The predicted molar refractivity (Wildman–Crippen MR) is 80.9 cm³/mol. The van der Waals surface area contributed by atoms with Crippen LogP contribution in [0.3, 0.4) is 0 Å². The second kappa shape index (κ2) is 7.94. The Morgan fingerprint density at radius 1 is 1.25 bits per heavy atom. The van der Waals surface area contributed by atoms with Crippen molar-refractivity contribution < 1.29 is 14.3 Å². The number of rotatable bonds is 6. The summed E-state index contributed by atoms with van der Waals surface area (Å²) in [6.07, 6.45) is 1.89. The van der Waals surface area contributed by atoms with Crippen LogP contribution in [0.2, 0.25) is 0 Å². The zero-order valence-electron chi connectivity index (χ0n) is 12.3. The lowest BCUT2D eigenvalue weighted by Gasteiger charge is -2.17. The third-order valence-corrected chi connectivity index (χ3v) is 3.85. The maximum atomic E-state index is 11.9. The van der Waals surface area contributed by atoms with Gasteiger partial charge in [-0.05, 0) is 31.2 Å². The summed E-state index contributed by atoms with van der Waals surface area (Å²) in [5.41, 5.74) is 0.490. The van der Waals surface area contributed by atoms with Crippen LogP contribution in [0.15, 0.2) is 29.2 Å². The molecule has 1 amide bonds. The van der Waals surface area contributed by atoms with Crippen molar-refractivity contribution in [1.82, 2.24) is 5.32 Å². The highest BCUT2D eigenvalue weighted by Crippen LogP contribution is 2.20. The predicted octanol–water partition coefficient (Wildman–Crippen LogP) is 2.73. The Balaban J connectivity index is 2.53. The molecule has 0 saturated carbocycles. The summed E-state index contributed by atoms with van der Waals surface area (Å²) >= 11 is 1.47. The van der Waals surface area contributed by atoms with Crippen LogP contribution in [0.25, 0.3) is 0 Å².